The van der Waals surface area contributed by atoms with Crippen molar-refractivity contribution >= 4 is 22.4 Å². The third-order valence-corrected chi connectivity index (χ3v) is 4.41. The molecule has 0 spiro atoms. The number of aryl methyl sites for hydroxylation is 1. The van der Waals surface area contributed by atoms with E-state index in [2.05, 4.69) is 17.2 Å². The Morgan fingerprint density at radius 2 is 1.88 bits per heavy atom. The summed E-state index contributed by atoms with van der Waals surface area (Å²) >= 11 is 1.40. The first-order valence-electron chi connectivity index (χ1n) is 8.27. The standard InChI is InChI=1S/C20H20N2O2S/c1-2-6-15-9-11-17(12-10-15)24-13-19(23)22-20-21-18(14-25-20)16-7-4-3-5-8-16/h3-5,7-12,14H,2,6,13H2,1H3,(H,21,22,23). The molecule has 0 aliphatic carbocycles. The molecule has 0 aliphatic rings. The molecule has 1 amide bonds. The zero-order valence-corrected chi connectivity index (χ0v) is 14.9. The molecule has 0 bridgehead atoms. The number of carbonyl (C=O) groups is 1. The van der Waals surface area contributed by atoms with E-state index in [4.69, 9.17) is 4.74 Å². The zero-order valence-electron chi connectivity index (χ0n) is 14.1. The van der Waals surface area contributed by atoms with Gasteiger partial charge in [-0.15, -0.1) is 11.3 Å². The number of hydrogen-bond donors (Lipinski definition) is 1. The Balaban J connectivity index is 1.52. The van der Waals surface area contributed by atoms with Gasteiger partial charge in [0.15, 0.2) is 11.7 Å². The topological polar surface area (TPSA) is 51.2 Å². The number of aromatic nitrogens is 1. The third-order valence-electron chi connectivity index (χ3n) is 3.65. The number of carbonyl (C=O) groups excluding carboxylic acids is 1. The molecule has 1 aromatic heterocycles. The highest BCUT2D eigenvalue weighted by Crippen LogP contribution is 2.24. The molecule has 0 radical (unpaired) electrons. The van der Waals surface area contributed by atoms with Crippen LogP contribution in [-0.2, 0) is 11.2 Å². The number of rotatable bonds is 7. The van der Waals surface area contributed by atoms with Gasteiger partial charge in [-0.25, -0.2) is 4.98 Å². The van der Waals surface area contributed by atoms with Crippen LogP contribution in [0, 0.1) is 0 Å². The van der Waals surface area contributed by atoms with Gasteiger partial charge >= 0.3 is 0 Å². The molecule has 25 heavy (non-hydrogen) atoms. The number of anilines is 1. The summed E-state index contributed by atoms with van der Waals surface area (Å²) in [6, 6.07) is 17.7. The lowest BCUT2D eigenvalue weighted by Gasteiger charge is -2.06. The second kappa shape index (κ2) is 8.44. The number of amides is 1. The molecular weight excluding hydrogens is 332 g/mol. The van der Waals surface area contributed by atoms with Gasteiger partial charge in [-0.05, 0) is 24.1 Å². The van der Waals surface area contributed by atoms with E-state index in [-0.39, 0.29) is 12.5 Å². The van der Waals surface area contributed by atoms with Crippen LogP contribution in [0.1, 0.15) is 18.9 Å². The lowest BCUT2D eigenvalue weighted by atomic mass is 10.1. The molecule has 1 N–H and O–H groups in total. The molecule has 0 atom stereocenters. The second-order valence-electron chi connectivity index (χ2n) is 5.63. The average molecular weight is 352 g/mol. The summed E-state index contributed by atoms with van der Waals surface area (Å²) in [5.74, 6) is 0.478. The largest absolute Gasteiger partial charge is 0.484 e. The van der Waals surface area contributed by atoms with Crippen molar-refractivity contribution in [2.24, 2.45) is 0 Å². The van der Waals surface area contributed by atoms with Gasteiger partial charge in [0, 0.05) is 10.9 Å². The molecule has 1 heterocycles. The quantitative estimate of drug-likeness (QED) is 0.666. The van der Waals surface area contributed by atoms with Gasteiger partial charge in [-0.2, -0.15) is 0 Å². The summed E-state index contributed by atoms with van der Waals surface area (Å²) in [6.45, 7) is 2.12. The summed E-state index contributed by atoms with van der Waals surface area (Å²) in [5.41, 5.74) is 3.16. The Morgan fingerprint density at radius 1 is 1.12 bits per heavy atom. The number of nitrogens with zero attached hydrogens (tertiary/aromatic N) is 1. The number of thiazole rings is 1. The van der Waals surface area contributed by atoms with E-state index < -0.39 is 0 Å². The van der Waals surface area contributed by atoms with Crippen LogP contribution in [0.25, 0.3) is 11.3 Å². The molecule has 5 heteroatoms. The van der Waals surface area contributed by atoms with Crippen molar-refractivity contribution in [2.75, 3.05) is 11.9 Å². The van der Waals surface area contributed by atoms with E-state index in [0.717, 1.165) is 24.1 Å². The first kappa shape index (κ1) is 17.2. The van der Waals surface area contributed by atoms with Gasteiger partial charge in [0.25, 0.3) is 5.91 Å². The van der Waals surface area contributed by atoms with Crippen molar-refractivity contribution in [3.63, 3.8) is 0 Å². The summed E-state index contributed by atoms with van der Waals surface area (Å²) in [6.07, 6.45) is 2.16. The minimum atomic E-state index is -0.216. The summed E-state index contributed by atoms with van der Waals surface area (Å²) in [7, 11) is 0. The zero-order chi connectivity index (χ0) is 17.5. The minimum absolute atomic E-state index is 0.0344. The molecule has 0 saturated carbocycles. The van der Waals surface area contributed by atoms with E-state index in [0.29, 0.717) is 10.9 Å². The highest BCUT2D eigenvalue weighted by Gasteiger charge is 2.08. The van der Waals surface area contributed by atoms with Gasteiger partial charge in [-0.3, -0.25) is 10.1 Å². The number of ether oxygens (including phenoxy) is 1. The third kappa shape index (κ3) is 4.90. The van der Waals surface area contributed by atoms with Crippen LogP contribution in [0.15, 0.2) is 60.0 Å². The number of hydrogen-bond acceptors (Lipinski definition) is 4. The monoisotopic (exact) mass is 352 g/mol. The number of benzene rings is 2. The molecule has 0 fully saturated rings. The van der Waals surface area contributed by atoms with Crippen molar-refractivity contribution < 1.29 is 9.53 Å². The molecule has 4 nitrogen and oxygen atoms in total. The molecule has 0 unspecified atom stereocenters. The van der Waals surface area contributed by atoms with Crippen LogP contribution in [0.3, 0.4) is 0 Å². The van der Waals surface area contributed by atoms with Crippen LogP contribution >= 0.6 is 11.3 Å². The Hall–Kier alpha value is -2.66. The predicted octanol–water partition coefficient (Wildman–Crippen LogP) is 4.78. The fourth-order valence-corrected chi connectivity index (χ4v) is 3.15. The molecule has 128 valence electrons. The fourth-order valence-electron chi connectivity index (χ4n) is 2.42. The Labute approximate surface area is 151 Å². The summed E-state index contributed by atoms with van der Waals surface area (Å²) in [4.78, 5) is 16.5. The van der Waals surface area contributed by atoms with E-state index in [1.54, 1.807) is 0 Å². The van der Waals surface area contributed by atoms with Crippen molar-refractivity contribution in [2.45, 2.75) is 19.8 Å². The fraction of sp³-hybridized carbons (Fsp3) is 0.200. The van der Waals surface area contributed by atoms with Crippen molar-refractivity contribution in [3.05, 3.63) is 65.5 Å². The van der Waals surface area contributed by atoms with Gasteiger partial charge in [-0.1, -0.05) is 55.8 Å². The van der Waals surface area contributed by atoms with Gasteiger partial charge in [0.1, 0.15) is 5.75 Å². The molecule has 0 aliphatic heterocycles. The Bertz CT molecular complexity index is 813. The maximum absolute atomic E-state index is 12.0. The molecule has 3 rings (SSSR count). The maximum atomic E-state index is 12.0. The first-order valence-corrected chi connectivity index (χ1v) is 9.15. The van der Waals surface area contributed by atoms with E-state index >= 15 is 0 Å². The normalized spacial score (nSPS) is 10.4. The van der Waals surface area contributed by atoms with E-state index in [1.165, 1.54) is 16.9 Å². The SMILES string of the molecule is CCCc1ccc(OCC(=O)Nc2nc(-c3ccccc3)cs2)cc1. The lowest BCUT2D eigenvalue weighted by molar-refractivity contribution is -0.118. The highest BCUT2D eigenvalue weighted by molar-refractivity contribution is 7.14. The molecule has 3 aromatic rings. The van der Waals surface area contributed by atoms with Gasteiger partial charge < -0.3 is 4.74 Å². The Kier molecular flexibility index (Phi) is 5.80. The van der Waals surface area contributed by atoms with Crippen molar-refractivity contribution in [1.82, 2.24) is 4.98 Å². The van der Waals surface area contributed by atoms with Crippen LogP contribution in [-0.4, -0.2) is 17.5 Å². The minimum Gasteiger partial charge on any atom is -0.484 e. The smallest absolute Gasteiger partial charge is 0.264 e. The van der Waals surface area contributed by atoms with Gasteiger partial charge in [0.2, 0.25) is 0 Å². The Morgan fingerprint density at radius 3 is 2.60 bits per heavy atom. The first-order chi connectivity index (χ1) is 12.2. The van der Waals surface area contributed by atoms with Gasteiger partial charge in [0.05, 0.1) is 5.69 Å². The highest BCUT2D eigenvalue weighted by atomic mass is 32.1. The summed E-state index contributed by atoms with van der Waals surface area (Å²) in [5, 5.41) is 5.28. The second-order valence-corrected chi connectivity index (χ2v) is 6.49. The van der Waals surface area contributed by atoms with E-state index in [9.17, 15) is 4.79 Å². The summed E-state index contributed by atoms with van der Waals surface area (Å²) < 4.78 is 5.53. The lowest BCUT2D eigenvalue weighted by Crippen LogP contribution is -2.20. The molecule has 0 saturated heterocycles. The van der Waals surface area contributed by atoms with Crippen LogP contribution in [0.5, 0.6) is 5.75 Å². The van der Waals surface area contributed by atoms with Crippen molar-refractivity contribution in [1.29, 1.82) is 0 Å². The van der Waals surface area contributed by atoms with Crippen LogP contribution in [0.2, 0.25) is 0 Å². The number of nitrogens with one attached hydrogen (secondary N) is 1. The maximum Gasteiger partial charge on any atom is 0.264 e. The van der Waals surface area contributed by atoms with E-state index in [1.807, 2.05) is 60.0 Å². The van der Waals surface area contributed by atoms with Crippen LogP contribution < -0.4 is 10.1 Å². The molecular formula is C20H20N2O2S. The predicted molar refractivity (Wildman–Crippen MR) is 102 cm³/mol. The van der Waals surface area contributed by atoms with Crippen molar-refractivity contribution in [3.8, 4) is 17.0 Å². The molecule has 2 aromatic carbocycles. The average Bonchev–Trinajstić information content (AvgIpc) is 3.11. The van der Waals surface area contributed by atoms with Crippen LogP contribution in [0.4, 0.5) is 5.13 Å².